The molecule has 5 heteroatoms. The summed E-state index contributed by atoms with van der Waals surface area (Å²) in [6, 6.07) is 2.31. The molecular weight excluding hydrogens is 258 g/mol. The lowest BCUT2D eigenvalue weighted by molar-refractivity contribution is -0.108. The van der Waals surface area contributed by atoms with Crippen LogP contribution in [-0.4, -0.2) is 12.9 Å². The minimum Gasteiger partial charge on any atom is -0.490 e. The summed E-state index contributed by atoms with van der Waals surface area (Å²) in [6.07, 6.45) is 0.791. The van der Waals surface area contributed by atoms with Gasteiger partial charge in [0.2, 0.25) is 5.82 Å². The zero-order chi connectivity index (χ0) is 10.6. The average Bonchev–Trinajstić information content (AvgIpc) is 2.13. The van der Waals surface area contributed by atoms with Crippen molar-refractivity contribution in [1.29, 1.82) is 0 Å². The number of benzene rings is 1. The molecule has 0 fully saturated rings. The second kappa shape index (κ2) is 5.05. The molecule has 0 aliphatic rings. The van der Waals surface area contributed by atoms with Crippen molar-refractivity contribution in [2.75, 3.05) is 6.61 Å². The Morgan fingerprint density at radius 3 is 2.79 bits per heavy atom. The van der Waals surface area contributed by atoms with Gasteiger partial charge in [0.25, 0.3) is 0 Å². The number of carbonyl (C=O) groups is 1. The van der Waals surface area contributed by atoms with Crippen LogP contribution in [0.25, 0.3) is 0 Å². The zero-order valence-corrected chi connectivity index (χ0v) is 8.68. The molecule has 1 aromatic carbocycles. The highest BCUT2D eigenvalue weighted by atomic mass is 79.9. The van der Waals surface area contributed by atoms with Crippen molar-refractivity contribution < 1.29 is 18.3 Å². The Balaban J connectivity index is 2.79. The summed E-state index contributed by atoms with van der Waals surface area (Å²) in [5, 5.41) is 0. The van der Waals surface area contributed by atoms with Crippen molar-refractivity contribution >= 4 is 22.2 Å². The van der Waals surface area contributed by atoms with Gasteiger partial charge in [0.1, 0.15) is 6.29 Å². The maximum atomic E-state index is 13.0. The minimum atomic E-state index is -1.04. The van der Waals surface area contributed by atoms with Crippen LogP contribution in [0.5, 0.6) is 5.75 Å². The first kappa shape index (κ1) is 11.1. The topological polar surface area (TPSA) is 26.3 Å². The summed E-state index contributed by atoms with van der Waals surface area (Å²) in [5.74, 6) is -2.22. The van der Waals surface area contributed by atoms with Gasteiger partial charge in [-0.05, 0) is 12.1 Å². The van der Waals surface area contributed by atoms with Crippen molar-refractivity contribution in [1.82, 2.24) is 0 Å². The molecule has 0 atom stereocenters. The number of ether oxygens (including phenoxy) is 1. The third-order valence-electron chi connectivity index (χ3n) is 1.45. The quantitative estimate of drug-likeness (QED) is 0.475. The summed E-state index contributed by atoms with van der Waals surface area (Å²) < 4.78 is 31.0. The number of halogens is 3. The summed E-state index contributed by atoms with van der Waals surface area (Å²) >= 11 is 3.00. The molecule has 0 amide bonds. The van der Waals surface area contributed by atoms with Crippen LogP contribution < -0.4 is 4.74 Å². The second-order valence-electron chi connectivity index (χ2n) is 2.50. The van der Waals surface area contributed by atoms with Crippen LogP contribution in [0.15, 0.2) is 16.6 Å². The van der Waals surface area contributed by atoms with Gasteiger partial charge in [-0.3, -0.25) is 0 Å². The first-order chi connectivity index (χ1) is 6.65. The van der Waals surface area contributed by atoms with Gasteiger partial charge in [0, 0.05) is 10.9 Å². The van der Waals surface area contributed by atoms with Crippen molar-refractivity contribution in [3.8, 4) is 5.75 Å². The lowest BCUT2D eigenvalue weighted by Gasteiger charge is -2.06. The summed E-state index contributed by atoms with van der Waals surface area (Å²) in [4.78, 5) is 9.96. The molecule has 0 unspecified atom stereocenters. The SMILES string of the molecule is O=CCCOc1cc(Br)cc(F)c1F. The number of aldehydes is 1. The molecule has 0 bridgehead atoms. The molecule has 14 heavy (non-hydrogen) atoms. The van der Waals surface area contributed by atoms with Crippen LogP contribution in [-0.2, 0) is 4.79 Å². The Hall–Kier alpha value is -0.970. The maximum absolute atomic E-state index is 13.0. The smallest absolute Gasteiger partial charge is 0.200 e. The first-order valence-electron chi connectivity index (χ1n) is 3.86. The largest absolute Gasteiger partial charge is 0.490 e. The normalized spacial score (nSPS) is 9.93. The molecule has 0 radical (unpaired) electrons. The predicted octanol–water partition coefficient (Wildman–Crippen LogP) is 2.70. The molecular formula is C9H7BrF2O2. The molecule has 0 N–H and O–H groups in total. The van der Waals surface area contributed by atoms with Crippen LogP contribution >= 0.6 is 15.9 Å². The van der Waals surface area contributed by atoms with E-state index in [1.165, 1.54) is 6.07 Å². The zero-order valence-electron chi connectivity index (χ0n) is 7.10. The lowest BCUT2D eigenvalue weighted by atomic mass is 10.3. The Morgan fingerprint density at radius 2 is 2.14 bits per heavy atom. The molecule has 0 aliphatic carbocycles. The van der Waals surface area contributed by atoms with E-state index in [0.717, 1.165) is 6.07 Å². The summed E-state index contributed by atoms with van der Waals surface area (Å²) in [6.45, 7) is 0.0380. The molecule has 76 valence electrons. The fourth-order valence-corrected chi connectivity index (χ4v) is 1.26. The van der Waals surface area contributed by atoms with Gasteiger partial charge >= 0.3 is 0 Å². The standard InChI is InChI=1S/C9H7BrF2O2/c10-6-4-7(11)9(12)8(5-6)14-3-1-2-13/h2,4-5H,1,3H2. The van der Waals surface area contributed by atoms with E-state index < -0.39 is 11.6 Å². The molecule has 1 rings (SSSR count). The Labute approximate surface area is 88.0 Å². The van der Waals surface area contributed by atoms with E-state index in [9.17, 15) is 13.6 Å². The van der Waals surface area contributed by atoms with Gasteiger partial charge in [0.15, 0.2) is 11.6 Å². The minimum absolute atomic E-state index is 0.0380. The monoisotopic (exact) mass is 264 g/mol. The second-order valence-corrected chi connectivity index (χ2v) is 3.42. The molecule has 0 saturated heterocycles. The number of hydrogen-bond donors (Lipinski definition) is 0. The Morgan fingerprint density at radius 1 is 1.43 bits per heavy atom. The van der Waals surface area contributed by atoms with Crippen molar-refractivity contribution in [2.45, 2.75) is 6.42 Å². The highest BCUT2D eigenvalue weighted by molar-refractivity contribution is 9.10. The molecule has 0 aromatic heterocycles. The maximum Gasteiger partial charge on any atom is 0.200 e. The van der Waals surface area contributed by atoms with Crippen LogP contribution in [0.3, 0.4) is 0 Å². The van der Waals surface area contributed by atoms with Crippen LogP contribution in [0, 0.1) is 11.6 Å². The molecule has 2 nitrogen and oxygen atoms in total. The fraction of sp³-hybridized carbons (Fsp3) is 0.222. The Kier molecular flexibility index (Phi) is 4.00. The molecule has 1 aromatic rings. The number of rotatable bonds is 4. The van der Waals surface area contributed by atoms with Gasteiger partial charge in [-0.1, -0.05) is 15.9 Å². The van der Waals surface area contributed by atoms with Crippen LogP contribution in [0.4, 0.5) is 8.78 Å². The lowest BCUT2D eigenvalue weighted by Crippen LogP contribution is -2.01. The fourth-order valence-electron chi connectivity index (χ4n) is 0.854. The van der Waals surface area contributed by atoms with Crippen LogP contribution in [0.2, 0.25) is 0 Å². The van der Waals surface area contributed by atoms with Crippen molar-refractivity contribution in [2.24, 2.45) is 0 Å². The van der Waals surface area contributed by atoms with Gasteiger partial charge in [-0.15, -0.1) is 0 Å². The van der Waals surface area contributed by atoms with E-state index in [-0.39, 0.29) is 18.8 Å². The van der Waals surface area contributed by atoms with Gasteiger partial charge in [-0.2, -0.15) is 4.39 Å². The number of carbonyl (C=O) groups excluding carboxylic acids is 1. The van der Waals surface area contributed by atoms with E-state index >= 15 is 0 Å². The highest BCUT2D eigenvalue weighted by Crippen LogP contribution is 2.25. The van der Waals surface area contributed by atoms with E-state index in [4.69, 9.17) is 4.74 Å². The van der Waals surface area contributed by atoms with E-state index in [1.54, 1.807) is 0 Å². The highest BCUT2D eigenvalue weighted by Gasteiger charge is 2.10. The summed E-state index contributed by atoms with van der Waals surface area (Å²) in [5.41, 5.74) is 0. The van der Waals surface area contributed by atoms with E-state index in [0.29, 0.717) is 10.8 Å². The van der Waals surface area contributed by atoms with Crippen LogP contribution in [0.1, 0.15) is 6.42 Å². The molecule has 0 saturated carbocycles. The molecule has 0 heterocycles. The van der Waals surface area contributed by atoms with E-state index in [1.807, 2.05) is 0 Å². The van der Waals surface area contributed by atoms with Gasteiger partial charge < -0.3 is 9.53 Å². The van der Waals surface area contributed by atoms with E-state index in [2.05, 4.69) is 15.9 Å². The summed E-state index contributed by atoms with van der Waals surface area (Å²) in [7, 11) is 0. The molecule has 0 aliphatic heterocycles. The Bertz CT molecular complexity index is 342. The first-order valence-corrected chi connectivity index (χ1v) is 4.65. The third-order valence-corrected chi connectivity index (χ3v) is 1.91. The number of hydrogen-bond acceptors (Lipinski definition) is 2. The van der Waals surface area contributed by atoms with Gasteiger partial charge in [0.05, 0.1) is 6.61 Å². The third kappa shape index (κ3) is 2.77. The van der Waals surface area contributed by atoms with Gasteiger partial charge in [-0.25, -0.2) is 4.39 Å². The van der Waals surface area contributed by atoms with Crippen molar-refractivity contribution in [3.05, 3.63) is 28.2 Å². The predicted molar refractivity (Wildman–Crippen MR) is 50.2 cm³/mol. The van der Waals surface area contributed by atoms with Crippen molar-refractivity contribution in [3.63, 3.8) is 0 Å². The average molecular weight is 265 g/mol. The molecule has 0 spiro atoms.